The second-order valence-electron chi connectivity index (χ2n) is 31.9. The molecule has 130 heavy (non-hydrogen) atoms. The predicted molar refractivity (Wildman–Crippen MR) is 482 cm³/mol. The van der Waals surface area contributed by atoms with Crippen molar-refractivity contribution in [2.75, 3.05) is 72.0 Å². The van der Waals surface area contributed by atoms with Crippen molar-refractivity contribution in [3.8, 4) is 0 Å². The lowest BCUT2D eigenvalue weighted by molar-refractivity contribution is -0.148. The van der Waals surface area contributed by atoms with Gasteiger partial charge in [-0.25, -0.2) is 0 Å². The van der Waals surface area contributed by atoms with Gasteiger partial charge in [-0.15, -0.1) is 0 Å². The van der Waals surface area contributed by atoms with Crippen LogP contribution in [-0.4, -0.2) is 285 Å². The van der Waals surface area contributed by atoms with Crippen molar-refractivity contribution in [3.63, 3.8) is 0 Å². The van der Waals surface area contributed by atoms with Crippen molar-refractivity contribution >= 4 is 130 Å². The van der Waals surface area contributed by atoms with Gasteiger partial charge in [-0.2, -0.15) is 0 Å². The summed E-state index contributed by atoms with van der Waals surface area (Å²) in [6.07, 6.45) is 3.81. The smallest absolute Gasteiger partial charge is 0.246 e. The first-order chi connectivity index (χ1) is 61.7. The van der Waals surface area contributed by atoms with Gasteiger partial charge >= 0.3 is 0 Å². The summed E-state index contributed by atoms with van der Waals surface area (Å²) in [6, 6.07) is -17.6. The normalized spacial score (nSPS) is 15.5. The zero-order valence-electron chi connectivity index (χ0n) is 74.6. The van der Waals surface area contributed by atoms with Gasteiger partial charge in [0.25, 0.3) is 0 Å². The quantitative estimate of drug-likeness (QED) is 0.0153. The van der Waals surface area contributed by atoms with Gasteiger partial charge in [0, 0.05) is 71.6 Å². The summed E-state index contributed by atoms with van der Waals surface area (Å²) in [5, 5.41) is 90.9. The van der Waals surface area contributed by atoms with Crippen molar-refractivity contribution in [2.45, 2.75) is 285 Å². The van der Waals surface area contributed by atoms with Gasteiger partial charge in [0.15, 0.2) is 35.8 Å². The van der Waals surface area contributed by atoms with Crippen LogP contribution in [-0.2, 0) is 76.7 Å². The summed E-state index contributed by atoms with van der Waals surface area (Å²) < 4.78 is 0. The summed E-state index contributed by atoms with van der Waals surface area (Å²) in [7, 11) is 0. The van der Waals surface area contributed by atoms with E-state index in [-0.39, 0.29) is 212 Å². The Morgan fingerprint density at radius 2 is 0.592 bits per heavy atom. The molecular formula is C78H146N36O16. The van der Waals surface area contributed by atoms with Gasteiger partial charge in [-0.05, 0) is 174 Å². The number of hydrogen-bond acceptors (Lipinski definition) is 24. The number of hydrogen-bond donors (Lipinski definition) is 34. The van der Waals surface area contributed by atoms with Gasteiger partial charge in [0.2, 0.25) is 94.5 Å². The second kappa shape index (κ2) is 63.9. The maximum atomic E-state index is 15.0. The number of nitrogens with two attached hydrogens (primary N) is 11. The largest absolute Gasteiger partial charge is 0.370 e. The van der Waals surface area contributed by atoms with Crippen LogP contribution in [0.5, 0.6) is 0 Å². The van der Waals surface area contributed by atoms with E-state index in [0.717, 1.165) is 25.7 Å². The third kappa shape index (κ3) is 47.7. The highest BCUT2D eigenvalue weighted by molar-refractivity contribution is 6.01. The molecule has 52 nitrogen and oxygen atoms in total. The Balaban J connectivity index is 2.75. The molecular weight excluding hydrogens is 1700 g/mol. The lowest BCUT2D eigenvalue weighted by Crippen LogP contribution is -2.61. The molecule has 0 aromatic carbocycles. The molecule has 12 atom stereocenters. The molecule has 0 radical (unpaired) electrons. The number of rotatable bonds is 68. The monoisotopic (exact) mass is 1840 g/mol. The van der Waals surface area contributed by atoms with Crippen LogP contribution in [0.4, 0.5) is 0 Å². The van der Waals surface area contributed by atoms with Crippen molar-refractivity contribution in [1.82, 2.24) is 100 Å². The van der Waals surface area contributed by atoms with Crippen molar-refractivity contribution < 1.29 is 76.7 Å². The van der Waals surface area contributed by atoms with E-state index in [1.54, 1.807) is 0 Å². The molecule has 0 bridgehead atoms. The summed E-state index contributed by atoms with van der Waals surface area (Å²) >= 11 is 0. The van der Waals surface area contributed by atoms with E-state index in [9.17, 15) is 57.5 Å². The molecule has 0 unspecified atom stereocenters. The number of carbonyl (C=O) groups excluding carboxylic acids is 16. The molecule has 0 aliphatic carbocycles. The van der Waals surface area contributed by atoms with Crippen LogP contribution in [0.15, 0.2) is 0 Å². The van der Waals surface area contributed by atoms with Crippen LogP contribution in [0.25, 0.3) is 0 Å². The van der Waals surface area contributed by atoms with Gasteiger partial charge in [-0.1, -0.05) is 32.6 Å². The minimum absolute atomic E-state index is 0.000374. The number of nitrogens with one attached hydrogen (secondary N) is 23. The van der Waals surface area contributed by atoms with Crippen molar-refractivity contribution in [3.05, 3.63) is 0 Å². The summed E-state index contributed by atoms with van der Waals surface area (Å²) in [4.78, 5) is 227. The first-order valence-corrected chi connectivity index (χ1v) is 44.4. The van der Waals surface area contributed by atoms with Crippen molar-refractivity contribution in [1.29, 1.82) is 32.5 Å². The molecule has 2 saturated heterocycles. The Labute approximate surface area is 756 Å². The molecule has 45 N–H and O–H groups in total. The van der Waals surface area contributed by atoms with E-state index in [0.29, 0.717) is 32.1 Å². The Hall–Kier alpha value is -12.9. The zero-order valence-corrected chi connectivity index (χ0v) is 74.6. The number of likely N-dealkylation sites (tertiary alicyclic amines) is 2. The number of nitrogens with zero attached hydrogens (tertiary/aromatic N) is 2. The van der Waals surface area contributed by atoms with Gasteiger partial charge < -0.3 is 163 Å². The second-order valence-corrected chi connectivity index (χ2v) is 31.9. The first-order valence-electron chi connectivity index (χ1n) is 44.4. The minimum Gasteiger partial charge on any atom is -0.370 e. The highest BCUT2D eigenvalue weighted by Gasteiger charge is 2.45. The molecule has 2 heterocycles. The highest BCUT2D eigenvalue weighted by atomic mass is 16.2. The lowest BCUT2D eigenvalue weighted by atomic mass is 10.0. The first kappa shape index (κ1) is 113. The Morgan fingerprint density at radius 3 is 0.915 bits per heavy atom. The SMILES string of the molecule is CCCCCCCC(=O)NCC(=O)N[C@@H](CCCNC(=N)N)C(=O)N[C@@H](CCCCN)C(=O)N[C@@H](CCCCN)C(=O)N[C@@H](CCCNC(=N)N)C(=O)N[C@@H](CCCNC(=N)N)C(=O)N[C@@H](CCC(N)=O)C(=O)N[C@@H](CCCNC(=N)N)C(=O)N[C@@H](CCCNC(=N)N)C(=O)N[C@@H](CCCNC(=N)N)C(=O)N1CCC[C@H]1C(=O)N1CCC[C@H]1C(=O)N[C@@H](CCC(N)=O)C(N)=O. The van der Waals surface area contributed by atoms with Crippen LogP contribution in [0.1, 0.15) is 212 Å². The molecule has 0 aromatic heterocycles. The third-order valence-electron chi connectivity index (χ3n) is 21.1. The average molecular weight is 1840 g/mol. The molecule has 0 spiro atoms. The molecule has 0 aromatic rings. The molecule has 52 heteroatoms. The molecule has 2 rings (SSSR count). The number of carbonyl (C=O) groups is 16. The summed E-state index contributed by atoms with van der Waals surface area (Å²) in [5.41, 5.74) is 61.6. The molecule has 2 fully saturated rings. The van der Waals surface area contributed by atoms with Crippen LogP contribution in [0, 0.1) is 32.5 Å². The fourth-order valence-electron chi connectivity index (χ4n) is 14.3. The van der Waals surface area contributed by atoms with Crippen LogP contribution in [0.2, 0.25) is 0 Å². The third-order valence-corrected chi connectivity index (χ3v) is 21.1. The maximum Gasteiger partial charge on any atom is 0.246 e. The molecule has 16 amide bonds. The van der Waals surface area contributed by atoms with E-state index in [4.69, 9.17) is 95.5 Å². The van der Waals surface area contributed by atoms with E-state index in [1.807, 2.05) is 0 Å². The van der Waals surface area contributed by atoms with E-state index in [1.165, 1.54) is 9.80 Å². The molecule has 734 valence electrons. The topological polar surface area (TPSA) is 913 Å². The van der Waals surface area contributed by atoms with E-state index >= 15 is 19.2 Å². The van der Waals surface area contributed by atoms with Gasteiger partial charge in [-0.3, -0.25) is 109 Å². The van der Waals surface area contributed by atoms with Gasteiger partial charge in [0.05, 0.1) is 6.54 Å². The molecule has 2 aliphatic rings. The number of primary amides is 3. The molecule has 2 aliphatic heterocycles. The lowest BCUT2D eigenvalue weighted by Gasteiger charge is -2.33. The summed E-state index contributed by atoms with van der Waals surface area (Å²) in [5.74, 6) is -16.4. The van der Waals surface area contributed by atoms with Crippen LogP contribution < -0.4 is 153 Å². The Morgan fingerprint density at radius 1 is 0.300 bits per heavy atom. The van der Waals surface area contributed by atoms with Crippen molar-refractivity contribution in [2.24, 2.45) is 63.1 Å². The Bertz CT molecular complexity index is 3770. The fourth-order valence-corrected chi connectivity index (χ4v) is 14.3. The number of amides is 16. The average Bonchev–Trinajstić information content (AvgIpc) is 1.64. The van der Waals surface area contributed by atoms with E-state index < -0.39 is 210 Å². The number of guanidine groups is 6. The zero-order chi connectivity index (χ0) is 97.2. The minimum atomic E-state index is -1.80. The van der Waals surface area contributed by atoms with Gasteiger partial charge in [0.1, 0.15) is 72.5 Å². The maximum absolute atomic E-state index is 15.0. The number of unbranched alkanes of at least 4 members (excludes halogenated alkanes) is 6. The van der Waals surface area contributed by atoms with E-state index in [2.05, 4.69) is 97.3 Å². The van der Waals surface area contributed by atoms with Crippen LogP contribution >= 0.6 is 0 Å². The highest BCUT2D eigenvalue weighted by Crippen LogP contribution is 2.27. The summed E-state index contributed by atoms with van der Waals surface area (Å²) in [6.45, 7) is 1.89. The van der Waals surface area contributed by atoms with Crippen LogP contribution in [0.3, 0.4) is 0 Å². The fraction of sp³-hybridized carbons (Fsp3) is 0.718. The predicted octanol–water partition coefficient (Wildman–Crippen LogP) is -9.85. The molecule has 0 saturated carbocycles. The Kier molecular flexibility index (Phi) is 55.6. The standard InChI is InChI=1S/C78H146N36O16/c1-2-3-4-5-6-29-59(117)102-44-60(118)103-46(21-11-36-96-73(84)85)62(120)105-47(19-7-9-34-79)63(121)106-48(20-8-10-35-80)64(122)107-49(22-12-37-97-74(86)87)65(123)108-51(24-14-39-99-76(90)91)67(125)111-53(31-33-58(82)116)69(127)110-50(23-13-38-98-75(88)89)66(124)109-52(25-15-40-100-77(92)93)68(126)112-54(26-16-41-101-78(94)95)71(129)114-43-18-28-56(114)72(130)113-42-17-27-55(113)70(128)104-45(61(83)119)30-32-57(81)115/h45-56H,2-44,79-80H2,1H3,(H2,81,115)(H2,82,116)(H2,83,119)(H,102,117)(H,103,118)(H,104,128)(H,105,120)(H,106,121)(H,107,122)(H,108,123)(H,109,124)(H,110,127)(H,111,125)(H,112,126)(H4,84,85,96)(H4,86,87,97)(H4,88,89,98)(H4,90,91,99)(H4,92,93,100)(H4,94,95,101)/t45-,46-,47-,48-,49-,50-,51-,52-,53-,54-,55-,56-/m0/s1.